The lowest BCUT2D eigenvalue weighted by Gasteiger charge is -2.35. The first-order valence-corrected chi connectivity index (χ1v) is 5.75. The highest BCUT2D eigenvalue weighted by Gasteiger charge is 2.40. The Hall–Kier alpha value is -1.07. The molecule has 2 rings (SSSR count). The van der Waals surface area contributed by atoms with E-state index in [0.29, 0.717) is 25.1 Å². The molecule has 1 spiro atoms. The molecule has 1 saturated carbocycles. The lowest BCUT2D eigenvalue weighted by atomic mass is 9.90. The summed E-state index contributed by atoms with van der Waals surface area (Å²) in [5.41, 5.74) is 5.23. The quantitative estimate of drug-likeness (QED) is 0.477. The Bertz CT molecular complexity index is 275. The van der Waals surface area contributed by atoms with Crippen LogP contribution in [0.15, 0.2) is 12.3 Å². The first-order valence-electron chi connectivity index (χ1n) is 5.75. The molecule has 5 heteroatoms. The first kappa shape index (κ1) is 11.4. The van der Waals surface area contributed by atoms with Gasteiger partial charge in [-0.3, -0.25) is 5.41 Å². The molecule has 2 fully saturated rings. The molecule has 1 aliphatic carbocycles. The van der Waals surface area contributed by atoms with E-state index in [0.717, 1.165) is 25.7 Å². The highest BCUT2D eigenvalue weighted by Crippen LogP contribution is 2.35. The second-order valence-electron chi connectivity index (χ2n) is 4.30. The Labute approximate surface area is 95.5 Å². The molecule has 0 atom stereocenters. The van der Waals surface area contributed by atoms with Crippen LogP contribution in [-0.4, -0.2) is 30.9 Å². The van der Waals surface area contributed by atoms with Crippen molar-refractivity contribution in [2.75, 3.05) is 13.2 Å². The molecule has 16 heavy (non-hydrogen) atoms. The molecule has 0 radical (unpaired) electrons. The highest BCUT2D eigenvalue weighted by molar-refractivity contribution is 5.90. The van der Waals surface area contributed by atoms with E-state index in [-0.39, 0.29) is 5.79 Å². The molecule has 0 aromatic heterocycles. The van der Waals surface area contributed by atoms with Gasteiger partial charge in [-0.1, -0.05) is 0 Å². The molecule has 2 aliphatic rings. The molecule has 0 aromatic rings. The van der Waals surface area contributed by atoms with Crippen molar-refractivity contribution in [2.24, 2.45) is 5.73 Å². The van der Waals surface area contributed by atoms with Crippen LogP contribution in [0.4, 0.5) is 0 Å². The summed E-state index contributed by atoms with van der Waals surface area (Å²) in [7, 11) is 0. The van der Waals surface area contributed by atoms with E-state index in [1.54, 1.807) is 6.08 Å². The number of nitrogens with one attached hydrogen (secondary N) is 2. The SMILES string of the molecule is N=C(/C=C\N)NC1CCC2(CC1)OCCO2. The normalized spacial score (nSPS) is 25.2. The van der Waals surface area contributed by atoms with Gasteiger partial charge in [-0.15, -0.1) is 0 Å². The zero-order valence-electron chi connectivity index (χ0n) is 9.37. The fourth-order valence-electron chi connectivity index (χ4n) is 2.35. The van der Waals surface area contributed by atoms with Crippen LogP contribution in [0.2, 0.25) is 0 Å². The molecule has 0 aromatic carbocycles. The number of hydrogen-bond donors (Lipinski definition) is 3. The van der Waals surface area contributed by atoms with Crippen molar-refractivity contribution in [3.05, 3.63) is 12.3 Å². The predicted molar refractivity (Wildman–Crippen MR) is 61.1 cm³/mol. The van der Waals surface area contributed by atoms with E-state index >= 15 is 0 Å². The smallest absolute Gasteiger partial charge is 0.168 e. The fraction of sp³-hybridized carbons (Fsp3) is 0.727. The van der Waals surface area contributed by atoms with Crippen molar-refractivity contribution >= 4 is 5.84 Å². The Morgan fingerprint density at radius 2 is 1.94 bits per heavy atom. The Balaban J connectivity index is 1.78. The Morgan fingerprint density at radius 1 is 1.31 bits per heavy atom. The van der Waals surface area contributed by atoms with Gasteiger partial charge in [-0.2, -0.15) is 0 Å². The topological polar surface area (TPSA) is 80.4 Å². The minimum atomic E-state index is -0.315. The summed E-state index contributed by atoms with van der Waals surface area (Å²) in [6, 6.07) is 0.335. The summed E-state index contributed by atoms with van der Waals surface area (Å²) in [5.74, 6) is 0.0566. The van der Waals surface area contributed by atoms with Crippen LogP contribution in [0.5, 0.6) is 0 Å². The van der Waals surface area contributed by atoms with E-state index in [4.69, 9.17) is 20.6 Å². The van der Waals surface area contributed by atoms with E-state index in [2.05, 4.69) is 5.32 Å². The van der Waals surface area contributed by atoms with Gasteiger partial charge in [0.05, 0.1) is 13.2 Å². The molecule has 5 nitrogen and oxygen atoms in total. The van der Waals surface area contributed by atoms with Crippen LogP contribution in [0.3, 0.4) is 0 Å². The molecular formula is C11H19N3O2. The molecule has 1 heterocycles. The monoisotopic (exact) mass is 225 g/mol. The molecule has 90 valence electrons. The van der Waals surface area contributed by atoms with Gasteiger partial charge in [-0.25, -0.2) is 0 Å². The minimum absolute atomic E-state index is 0.315. The maximum Gasteiger partial charge on any atom is 0.168 e. The van der Waals surface area contributed by atoms with Crippen LogP contribution in [-0.2, 0) is 9.47 Å². The van der Waals surface area contributed by atoms with Crippen molar-refractivity contribution in [2.45, 2.75) is 37.5 Å². The van der Waals surface area contributed by atoms with Crippen LogP contribution in [0, 0.1) is 5.41 Å². The summed E-state index contributed by atoms with van der Waals surface area (Å²) >= 11 is 0. The average molecular weight is 225 g/mol. The summed E-state index contributed by atoms with van der Waals surface area (Å²) in [4.78, 5) is 0. The van der Waals surface area contributed by atoms with Crippen molar-refractivity contribution < 1.29 is 9.47 Å². The maximum absolute atomic E-state index is 7.59. The van der Waals surface area contributed by atoms with E-state index < -0.39 is 0 Å². The number of hydrogen-bond acceptors (Lipinski definition) is 4. The minimum Gasteiger partial charge on any atom is -0.404 e. The molecule has 1 saturated heterocycles. The van der Waals surface area contributed by atoms with Crippen LogP contribution in [0.1, 0.15) is 25.7 Å². The number of amidine groups is 1. The van der Waals surface area contributed by atoms with Crippen molar-refractivity contribution in [3.8, 4) is 0 Å². The lowest BCUT2D eigenvalue weighted by molar-refractivity contribution is -0.179. The van der Waals surface area contributed by atoms with Crippen LogP contribution >= 0.6 is 0 Å². The Kier molecular flexibility index (Phi) is 3.46. The predicted octanol–water partition coefficient (Wildman–Crippen LogP) is 0.711. The van der Waals surface area contributed by atoms with Gasteiger partial charge in [0.15, 0.2) is 5.79 Å². The maximum atomic E-state index is 7.59. The second-order valence-corrected chi connectivity index (χ2v) is 4.30. The Morgan fingerprint density at radius 3 is 2.50 bits per heavy atom. The standard InChI is InChI=1S/C11H19N3O2/c12-6-3-10(13)14-9-1-4-11(5-2-9)15-7-8-16-11/h3,6,9H,1-2,4-5,7-8,12H2,(H2,13,14)/b6-3-. The van der Waals surface area contributed by atoms with Gasteiger partial charge < -0.3 is 20.5 Å². The average Bonchev–Trinajstić information content (AvgIpc) is 2.71. The molecule has 4 N–H and O–H groups in total. The third-order valence-corrected chi connectivity index (χ3v) is 3.18. The number of ether oxygens (including phenoxy) is 2. The molecular weight excluding hydrogens is 206 g/mol. The zero-order chi connectivity index (χ0) is 11.4. The van der Waals surface area contributed by atoms with Crippen LogP contribution in [0.25, 0.3) is 0 Å². The zero-order valence-corrected chi connectivity index (χ0v) is 9.37. The van der Waals surface area contributed by atoms with E-state index in [9.17, 15) is 0 Å². The summed E-state index contributed by atoms with van der Waals surface area (Å²) < 4.78 is 11.3. The second kappa shape index (κ2) is 4.84. The molecule has 1 aliphatic heterocycles. The van der Waals surface area contributed by atoms with Crippen molar-refractivity contribution in [1.82, 2.24) is 5.32 Å². The largest absolute Gasteiger partial charge is 0.404 e. The number of nitrogens with two attached hydrogens (primary N) is 1. The van der Waals surface area contributed by atoms with Crippen molar-refractivity contribution in [3.63, 3.8) is 0 Å². The summed E-state index contributed by atoms with van der Waals surface area (Å²) in [5, 5.41) is 10.7. The van der Waals surface area contributed by atoms with E-state index in [1.165, 1.54) is 6.20 Å². The summed E-state index contributed by atoms with van der Waals surface area (Å²) in [6.45, 7) is 1.42. The van der Waals surface area contributed by atoms with Crippen molar-refractivity contribution in [1.29, 1.82) is 5.41 Å². The number of rotatable bonds is 2. The van der Waals surface area contributed by atoms with Gasteiger partial charge >= 0.3 is 0 Å². The molecule has 0 bridgehead atoms. The van der Waals surface area contributed by atoms with Gasteiger partial charge in [0.25, 0.3) is 0 Å². The van der Waals surface area contributed by atoms with Gasteiger partial charge in [0.1, 0.15) is 5.84 Å². The van der Waals surface area contributed by atoms with Crippen LogP contribution < -0.4 is 11.1 Å². The third kappa shape index (κ3) is 2.54. The third-order valence-electron chi connectivity index (χ3n) is 3.18. The molecule has 0 unspecified atom stereocenters. The van der Waals surface area contributed by atoms with Gasteiger partial charge in [0, 0.05) is 18.9 Å². The lowest BCUT2D eigenvalue weighted by Crippen LogP contribution is -2.43. The van der Waals surface area contributed by atoms with Gasteiger partial charge in [-0.05, 0) is 25.1 Å². The fourth-order valence-corrected chi connectivity index (χ4v) is 2.35. The summed E-state index contributed by atoms with van der Waals surface area (Å²) in [6.07, 6.45) is 6.70. The van der Waals surface area contributed by atoms with Gasteiger partial charge in [0.2, 0.25) is 0 Å². The first-order chi connectivity index (χ1) is 7.74. The highest BCUT2D eigenvalue weighted by atomic mass is 16.7. The molecule has 0 amide bonds. The van der Waals surface area contributed by atoms with E-state index in [1.807, 2.05) is 0 Å².